The average Bonchev–Trinajstić information content (AvgIpc) is 3.06. The summed E-state index contributed by atoms with van der Waals surface area (Å²) in [6, 6.07) is -0.613. The van der Waals surface area contributed by atoms with Gasteiger partial charge in [0.05, 0.1) is 15.1 Å². The number of halogens is 1. The number of hydrogen-bond donors (Lipinski definition) is 1. The molecule has 2 heterocycles. The zero-order valence-electron chi connectivity index (χ0n) is 13.7. The molecule has 0 aromatic carbocycles. The average molecular weight is 399 g/mol. The number of nitrogens with zero attached hydrogens (tertiary/aromatic N) is 5. The third-order valence-corrected chi connectivity index (χ3v) is 4.39. The molecule has 10 heteroatoms. The van der Waals surface area contributed by atoms with Gasteiger partial charge in [0.25, 0.3) is 0 Å². The summed E-state index contributed by atoms with van der Waals surface area (Å²) in [4.78, 5) is 22.5. The van der Waals surface area contributed by atoms with Gasteiger partial charge in [0.2, 0.25) is 5.91 Å². The highest BCUT2D eigenvalue weighted by Crippen LogP contribution is 2.18. The number of nitrogens with one attached hydrogen (secondary N) is 1. The Labute approximate surface area is 147 Å². The van der Waals surface area contributed by atoms with Crippen molar-refractivity contribution >= 4 is 27.5 Å². The molecule has 0 saturated heterocycles. The first-order valence-corrected chi connectivity index (χ1v) is 8.26. The lowest BCUT2D eigenvalue weighted by Crippen LogP contribution is -2.32. The van der Waals surface area contributed by atoms with Crippen molar-refractivity contribution < 1.29 is 9.72 Å². The first-order chi connectivity index (χ1) is 11.3. The molecule has 0 spiro atoms. The van der Waals surface area contributed by atoms with Crippen molar-refractivity contribution in [2.75, 3.05) is 6.54 Å². The number of hydrogen-bond acceptors (Lipinski definition) is 5. The van der Waals surface area contributed by atoms with Crippen molar-refractivity contribution in [2.45, 2.75) is 39.8 Å². The van der Waals surface area contributed by atoms with E-state index in [2.05, 4.69) is 31.4 Å². The van der Waals surface area contributed by atoms with Crippen LogP contribution in [0.1, 0.15) is 30.8 Å². The van der Waals surface area contributed by atoms with E-state index in [0.717, 1.165) is 16.6 Å². The summed E-state index contributed by atoms with van der Waals surface area (Å²) in [6.45, 7) is 6.29. The molecule has 0 aliphatic carbocycles. The van der Waals surface area contributed by atoms with Gasteiger partial charge in [-0.2, -0.15) is 10.2 Å². The lowest BCUT2D eigenvalue weighted by Gasteiger charge is -2.12. The molecule has 1 N–H and O–H groups in total. The fourth-order valence-corrected chi connectivity index (χ4v) is 2.49. The number of nitro groups is 1. The minimum Gasteiger partial charge on any atom is -0.354 e. The normalized spacial score (nSPS) is 12.2. The highest BCUT2D eigenvalue weighted by molar-refractivity contribution is 9.10. The summed E-state index contributed by atoms with van der Waals surface area (Å²) in [5.74, 6) is -0.231. The maximum Gasteiger partial charge on any atom is 0.309 e. The van der Waals surface area contributed by atoms with Crippen molar-refractivity contribution in [3.63, 3.8) is 0 Å². The molecule has 24 heavy (non-hydrogen) atoms. The molecule has 130 valence electrons. The zero-order chi connectivity index (χ0) is 17.9. The molecule has 0 saturated carbocycles. The predicted molar refractivity (Wildman–Crippen MR) is 90.6 cm³/mol. The van der Waals surface area contributed by atoms with Crippen LogP contribution >= 0.6 is 15.9 Å². The third kappa shape index (κ3) is 4.19. The molecule has 0 fully saturated rings. The fraction of sp³-hybridized carbons (Fsp3) is 0.500. The van der Waals surface area contributed by atoms with Gasteiger partial charge in [0.15, 0.2) is 0 Å². The highest BCUT2D eigenvalue weighted by Gasteiger charge is 2.21. The fourth-order valence-electron chi connectivity index (χ4n) is 2.18. The van der Waals surface area contributed by atoms with Gasteiger partial charge in [-0.25, -0.2) is 0 Å². The lowest BCUT2D eigenvalue weighted by atomic mass is 10.3. The first-order valence-electron chi connectivity index (χ1n) is 7.47. The van der Waals surface area contributed by atoms with Crippen molar-refractivity contribution in [3.05, 3.63) is 38.4 Å². The Kier molecular flexibility index (Phi) is 5.71. The number of carbonyl (C=O) groups is 1. The largest absolute Gasteiger partial charge is 0.354 e. The van der Waals surface area contributed by atoms with Gasteiger partial charge >= 0.3 is 5.69 Å². The van der Waals surface area contributed by atoms with E-state index in [4.69, 9.17) is 0 Å². The van der Waals surface area contributed by atoms with Crippen LogP contribution in [-0.2, 0) is 11.3 Å². The van der Waals surface area contributed by atoms with E-state index in [0.29, 0.717) is 18.8 Å². The van der Waals surface area contributed by atoms with Crippen LogP contribution in [0.3, 0.4) is 0 Å². The molecule has 2 aromatic rings. The van der Waals surface area contributed by atoms with Gasteiger partial charge < -0.3 is 5.32 Å². The van der Waals surface area contributed by atoms with E-state index in [-0.39, 0.29) is 11.6 Å². The van der Waals surface area contributed by atoms with Gasteiger partial charge in [0, 0.05) is 19.3 Å². The van der Waals surface area contributed by atoms with E-state index in [1.807, 2.05) is 17.8 Å². The van der Waals surface area contributed by atoms with Gasteiger partial charge in [-0.3, -0.25) is 24.3 Å². The maximum atomic E-state index is 12.1. The van der Waals surface area contributed by atoms with Gasteiger partial charge in [0.1, 0.15) is 17.9 Å². The van der Waals surface area contributed by atoms with Crippen LogP contribution in [0.5, 0.6) is 0 Å². The molecule has 0 aliphatic rings. The van der Waals surface area contributed by atoms with E-state index < -0.39 is 11.0 Å². The van der Waals surface area contributed by atoms with Crippen LogP contribution in [0.25, 0.3) is 0 Å². The standard InChI is InChI=1S/C14H19BrN6O3/c1-9-12(15)7-19(17-9)6-4-5-16-14(22)11(3)20-8-13(21(23)24)10(2)18-20/h7-8,11H,4-6H2,1-3H3,(H,16,22). The molecule has 0 aliphatic heterocycles. The molecule has 2 rings (SSSR count). The molecule has 1 atom stereocenters. The second-order valence-electron chi connectivity index (χ2n) is 5.48. The summed E-state index contributed by atoms with van der Waals surface area (Å²) in [5, 5.41) is 22.0. The lowest BCUT2D eigenvalue weighted by molar-refractivity contribution is -0.385. The van der Waals surface area contributed by atoms with E-state index in [9.17, 15) is 14.9 Å². The summed E-state index contributed by atoms with van der Waals surface area (Å²) < 4.78 is 4.09. The molecule has 9 nitrogen and oxygen atoms in total. The predicted octanol–water partition coefficient (Wildman–Crippen LogP) is 2.13. The molecule has 1 amide bonds. The Hall–Kier alpha value is -2.23. The Balaban J connectivity index is 1.83. The monoisotopic (exact) mass is 398 g/mol. The topological polar surface area (TPSA) is 108 Å². The van der Waals surface area contributed by atoms with E-state index >= 15 is 0 Å². The number of carbonyl (C=O) groups excluding carboxylic acids is 1. The molecule has 0 bridgehead atoms. The number of rotatable bonds is 7. The Morgan fingerprint density at radius 1 is 1.38 bits per heavy atom. The van der Waals surface area contributed by atoms with E-state index in [1.54, 1.807) is 13.8 Å². The molecular weight excluding hydrogens is 380 g/mol. The second kappa shape index (κ2) is 7.56. The quantitative estimate of drug-likeness (QED) is 0.436. The van der Waals surface area contributed by atoms with Crippen LogP contribution in [0.2, 0.25) is 0 Å². The van der Waals surface area contributed by atoms with E-state index in [1.165, 1.54) is 10.9 Å². The second-order valence-corrected chi connectivity index (χ2v) is 6.34. The molecule has 1 unspecified atom stereocenters. The minimum absolute atomic E-state index is 0.0886. The van der Waals surface area contributed by atoms with Crippen molar-refractivity contribution in [1.82, 2.24) is 24.9 Å². The van der Waals surface area contributed by atoms with Gasteiger partial charge in [-0.15, -0.1) is 0 Å². The third-order valence-electron chi connectivity index (χ3n) is 3.61. The van der Waals surface area contributed by atoms with Crippen LogP contribution < -0.4 is 5.32 Å². The maximum absolute atomic E-state index is 12.1. The van der Waals surface area contributed by atoms with Crippen LogP contribution in [0.4, 0.5) is 5.69 Å². The number of aromatic nitrogens is 4. The molecule has 2 aromatic heterocycles. The summed E-state index contributed by atoms with van der Waals surface area (Å²) in [7, 11) is 0. The summed E-state index contributed by atoms with van der Waals surface area (Å²) >= 11 is 3.40. The van der Waals surface area contributed by atoms with Crippen LogP contribution in [0, 0.1) is 24.0 Å². The highest BCUT2D eigenvalue weighted by atomic mass is 79.9. The Bertz CT molecular complexity index is 734. The van der Waals surface area contributed by atoms with Crippen molar-refractivity contribution in [2.24, 2.45) is 0 Å². The van der Waals surface area contributed by atoms with Crippen LogP contribution in [-0.4, -0.2) is 36.9 Å². The number of amides is 1. The molecule has 0 radical (unpaired) electrons. The summed E-state index contributed by atoms with van der Waals surface area (Å²) in [5.41, 5.74) is 1.12. The first kappa shape index (κ1) is 18.1. The Morgan fingerprint density at radius 2 is 2.08 bits per heavy atom. The Morgan fingerprint density at radius 3 is 2.62 bits per heavy atom. The van der Waals surface area contributed by atoms with Crippen molar-refractivity contribution in [1.29, 1.82) is 0 Å². The number of aryl methyl sites for hydroxylation is 3. The molecular formula is C14H19BrN6O3. The smallest absolute Gasteiger partial charge is 0.309 e. The van der Waals surface area contributed by atoms with Crippen molar-refractivity contribution in [3.8, 4) is 0 Å². The van der Waals surface area contributed by atoms with Crippen LogP contribution in [0.15, 0.2) is 16.9 Å². The SMILES string of the molecule is Cc1nn(CCCNC(=O)C(C)n2cc([N+](=O)[O-])c(C)n2)cc1Br. The summed E-state index contributed by atoms with van der Waals surface area (Å²) in [6.07, 6.45) is 3.90. The minimum atomic E-state index is -0.613. The van der Waals surface area contributed by atoms with Gasteiger partial charge in [-0.1, -0.05) is 0 Å². The zero-order valence-corrected chi connectivity index (χ0v) is 15.3. The van der Waals surface area contributed by atoms with Gasteiger partial charge in [-0.05, 0) is 43.1 Å².